The molecule has 0 spiro atoms. The second-order valence-corrected chi connectivity index (χ2v) is 7.21. The van der Waals surface area contributed by atoms with Gasteiger partial charge in [-0.3, -0.25) is 4.79 Å². The van der Waals surface area contributed by atoms with Crippen LogP contribution in [0.15, 0.2) is 72.8 Å². The number of carboxylic acids is 4. The number of hydrogen-bond acceptors (Lipinski definition) is 6. The molecule has 0 aromatic heterocycles. The van der Waals surface area contributed by atoms with Gasteiger partial charge >= 0.3 is 23.9 Å². The highest BCUT2D eigenvalue weighted by atomic mass is 16.5. The molecule has 0 atom stereocenters. The fourth-order valence-electron chi connectivity index (χ4n) is 2.29. The molecule has 0 heterocycles. The molecule has 0 radical (unpaired) electrons. The molecule has 10 heteroatoms. The van der Waals surface area contributed by atoms with Crippen molar-refractivity contribution >= 4 is 23.9 Å². The second kappa shape index (κ2) is 18.4. The molecule has 0 aliphatic rings. The van der Waals surface area contributed by atoms with Crippen LogP contribution in [0.5, 0.6) is 11.5 Å². The molecule has 0 saturated heterocycles. The van der Waals surface area contributed by atoms with Crippen molar-refractivity contribution in [1.82, 2.24) is 0 Å². The van der Waals surface area contributed by atoms with Gasteiger partial charge in [-0.2, -0.15) is 0 Å². The number of carbonyl (C=O) groups is 4. The molecule has 3 aromatic rings. The lowest BCUT2D eigenvalue weighted by molar-refractivity contribution is -0.136. The van der Waals surface area contributed by atoms with E-state index in [1.165, 1.54) is 31.4 Å². The van der Waals surface area contributed by atoms with Crippen molar-refractivity contribution in [3.63, 3.8) is 0 Å². The van der Waals surface area contributed by atoms with Crippen LogP contribution in [-0.4, -0.2) is 58.0 Å². The van der Waals surface area contributed by atoms with Crippen molar-refractivity contribution in [2.45, 2.75) is 27.2 Å². The molecule has 0 aliphatic carbocycles. The van der Waals surface area contributed by atoms with Gasteiger partial charge < -0.3 is 29.9 Å². The van der Waals surface area contributed by atoms with E-state index < -0.39 is 23.9 Å². The molecular formula is C28H32O10. The summed E-state index contributed by atoms with van der Waals surface area (Å²) >= 11 is 0. The Bertz CT molecular complexity index is 1140. The van der Waals surface area contributed by atoms with Crippen molar-refractivity contribution < 1.29 is 49.1 Å². The highest BCUT2D eigenvalue weighted by Crippen LogP contribution is 2.12. The predicted molar refractivity (Wildman–Crippen MR) is 141 cm³/mol. The molecule has 0 bridgehead atoms. The van der Waals surface area contributed by atoms with Gasteiger partial charge in [0, 0.05) is 6.42 Å². The summed E-state index contributed by atoms with van der Waals surface area (Å²) in [6, 6.07) is 19.3. The first-order chi connectivity index (χ1) is 17.9. The van der Waals surface area contributed by atoms with Crippen LogP contribution in [-0.2, 0) is 4.79 Å². The fraction of sp³-hybridized carbons (Fsp3) is 0.214. The highest BCUT2D eigenvalue weighted by Gasteiger charge is 2.01. The number of aromatic carboxylic acids is 3. The Morgan fingerprint density at radius 3 is 1.18 bits per heavy atom. The minimum absolute atomic E-state index is 0.222. The van der Waals surface area contributed by atoms with E-state index in [0.29, 0.717) is 23.7 Å². The van der Waals surface area contributed by atoms with Crippen LogP contribution in [0.25, 0.3) is 0 Å². The summed E-state index contributed by atoms with van der Waals surface area (Å²) in [5, 5.41) is 33.3. The van der Waals surface area contributed by atoms with Gasteiger partial charge in [-0.05, 0) is 74.5 Å². The molecule has 3 rings (SSSR count). The van der Waals surface area contributed by atoms with E-state index in [4.69, 9.17) is 29.9 Å². The first-order valence-corrected chi connectivity index (χ1v) is 11.3. The van der Waals surface area contributed by atoms with Crippen molar-refractivity contribution in [2.75, 3.05) is 13.7 Å². The number of aliphatic carboxylic acids is 1. The van der Waals surface area contributed by atoms with E-state index in [-0.39, 0.29) is 17.5 Å². The third-order valence-electron chi connectivity index (χ3n) is 4.35. The average Bonchev–Trinajstić information content (AvgIpc) is 2.90. The molecule has 4 N–H and O–H groups in total. The summed E-state index contributed by atoms with van der Waals surface area (Å²) in [5.41, 5.74) is 1.96. The largest absolute Gasteiger partial charge is 0.497 e. The van der Waals surface area contributed by atoms with E-state index in [2.05, 4.69) is 0 Å². The van der Waals surface area contributed by atoms with Crippen LogP contribution >= 0.6 is 0 Å². The van der Waals surface area contributed by atoms with E-state index in [1.807, 2.05) is 13.8 Å². The summed E-state index contributed by atoms with van der Waals surface area (Å²) in [7, 11) is 1.54. The number of rotatable bonds is 7. The smallest absolute Gasteiger partial charge is 0.335 e. The van der Waals surface area contributed by atoms with Gasteiger partial charge in [0.25, 0.3) is 0 Å². The Morgan fingerprint density at radius 1 is 0.605 bits per heavy atom. The Hall–Kier alpha value is -4.86. The SMILES string of the molecule is CCC(=O)O.CCOc1ccc(C(=O)O)cc1.COc1ccc(C(=O)O)cc1.Cc1ccc(C(=O)O)cc1. The average molecular weight is 529 g/mol. The predicted octanol–water partition coefficient (Wildman–Crippen LogP) is 5.35. The fourth-order valence-corrected chi connectivity index (χ4v) is 2.29. The van der Waals surface area contributed by atoms with Crippen molar-refractivity contribution in [3.8, 4) is 11.5 Å². The number of benzene rings is 3. The molecule has 0 saturated carbocycles. The van der Waals surface area contributed by atoms with Crippen LogP contribution in [0.1, 0.15) is 56.9 Å². The molecular weight excluding hydrogens is 496 g/mol. The van der Waals surface area contributed by atoms with Crippen molar-refractivity contribution in [1.29, 1.82) is 0 Å². The lowest BCUT2D eigenvalue weighted by Crippen LogP contribution is -1.96. The molecule has 10 nitrogen and oxygen atoms in total. The van der Waals surface area contributed by atoms with E-state index >= 15 is 0 Å². The van der Waals surface area contributed by atoms with Gasteiger partial charge in [0.2, 0.25) is 0 Å². The Labute approximate surface area is 220 Å². The number of ether oxygens (including phenoxy) is 2. The summed E-state index contributed by atoms with van der Waals surface area (Å²) in [5.74, 6) is -2.10. The lowest BCUT2D eigenvalue weighted by Gasteiger charge is -2.01. The summed E-state index contributed by atoms with van der Waals surface area (Å²) in [4.78, 5) is 40.5. The minimum Gasteiger partial charge on any atom is -0.497 e. The van der Waals surface area contributed by atoms with Crippen molar-refractivity contribution in [3.05, 3.63) is 95.1 Å². The molecule has 0 fully saturated rings. The molecule has 0 aliphatic heterocycles. The van der Waals surface area contributed by atoms with E-state index in [9.17, 15) is 19.2 Å². The zero-order valence-corrected chi connectivity index (χ0v) is 21.6. The maximum atomic E-state index is 10.4. The number of hydrogen-bond donors (Lipinski definition) is 4. The lowest BCUT2D eigenvalue weighted by atomic mass is 10.2. The summed E-state index contributed by atoms with van der Waals surface area (Å²) in [6.07, 6.45) is 0.222. The zero-order valence-electron chi connectivity index (χ0n) is 21.6. The van der Waals surface area contributed by atoms with Gasteiger partial charge in [0.1, 0.15) is 11.5 Å². The third-order valence-corrected chi connectivity index (χ3v) is 4.35. The number of carboxylic acid groups (broad SMARTS) is 4. The molecule has 204 valence electrons. The minimum atomic E-state index is -0.923. The van der Waals surface area contributed by atoms with Crippen LogP contribution in [0.3, 0.4) is 0 Å². The van der Waals surface area contributed by atoms with Crippen LogP contribution in [0.2, 0.25) is 0 Å². The van der Waals surface area contributed by atoms with Gasteiger partial charge in [-0.1, -0.05) is 24.6 Å². The summed E-state index contributed by atoms with van der Waals surface area (Å²) < 4.78 is 10.0. The van der Waals surface area contributed by atoms with Crippen molar-refractivity contribution in [2.24, 2.45) is 0 Å². The Kier molecular flexibility index (Phi) is 16.1. The van der Waals surface area contributed by atoms with Gasteiger partial charge in [-0.15, -0.1) is 0 Å². The van der Waals surface area contributed by atoms with Gasteiger partial charge in [0.15, 0.2) is 0 Å². The zero-order chi connectivity index (χ0) is 29.1. The summed E-state index contributed by atoms with van der Waals surface area (Å²) in [6.45, 7) is 5.99. The highest BCUT2D eigenvalue weighted by molar-refractivity contribution is 5.88. The standard InChI is InChI=1S/C9H10O3.C8H8O3.C8H8O2.C3H6O2/c1-2-12-8-5-3-7(4-6-8)9(10)11;1-11-7-4-2-6(3-5-7)8(9)10;1-6-2-4-7(5-3-6)8(9)10;1-2-3(4)5/h3-6H,2H2,1H3,(H,10,11);2-5H,1H3,(H,9,10);2-5H,1H3,(H,9,10);2H2,1H3,(H,4,5). The Morgan fingerprint density at radius 2 is 0.921 bits per heavy atom. The van der Waals surface area contributed by atoms with E-state index in [0.717, 1.165) is 5.56 Å². The Balaban J connectivity index is 0.000000499. The van der Waals surface area contributed by atoms with E-state index in [1.54, 1.807) is 55.5 Å². The topological polar surface area (TPSA) is 168 Å². The van der Waals surface area contributed by atoms with Gasteiger partial charge in [-0.25, -0.2) is 14.4 Å². The quantitative estimate of drug-likeness (QED) is 0.314. The maximum absolute atomic E-state index is 10.4. The van der Waals surface area contributed by atoms with Gasteiger partial charge in [0.05, 0.1) is 30.4 Å². The van der Waals surface area contributed by atoms with Crippen LogP contribution in [0.4, 0.5) is 0 Å². The second-order valence-electron chi connectivity index (χ2n) is 7.21. The first kappa shape index (κ1) is 33.1. The molecule has 3 aromatic carbocycles. The van der Waals surface area contributed by atoms with Crippen LogP contribution in [0, 0.1) is 6.92 Å². The molecule has 0 amide bonds. The van der Waals surface area contributed by atoms with Crippen LogP contribution < -0.4 is 9.47 Å². The number of methoxy groups -OCH3 is 1. The molecule has 38 heavy (non-hydrogen) atoms. The normalized spacial score (nSPS) is 9.05. The monoisotopic (exact) mass is 528 g/mol. The number of aryl methyl sites for hydroxylation is 1. The molecule has 0 unspecified atom stereocenters. The first-order valence-electron chi connectivity index (χ1n) is 11.3. The third kappa shape index (κ3) is 14.5. The maximum Gasteiger partial charge on any atom is 0.335 e.